The molecule has 0 spiro atoms. The van der Waals surface area contributed by atoms with Crippen LogP contribution < -0.4 is 10.6 Å². The Morgan fingerprint density at radius 2 is 2.29 bits per heavy atom. The number of nitrogens with one attached hydrogen (secondary N) is 2. The summed E-state index contributed by atoms with van der Waals surface area (Å²) in [6.45, 7) is 4.05. The standard InChI is InChI=1S/C10H17N3O4/c1-6(9(15)16)5-12-10(17)13-4-3-11-8(14)7(13)2/h6-7H,3-5H2,1-2H3,(H,11,14)(H,12,17)(H,15,16). The molecule has 2 unspecified atom stereocenters. The Labute approximate surface area is 99.2 Å². The van der Waals surface area contributed by atoms with E-state index in [1.54, 1.807) is 6.92 Å². The summed E-state index contributed by atoms with van der Waals surface area (Å²) in [5, 5.41) is 13.8. The van der Waals surface area contributed by atoms with E-state index in [1.165, 1.54) is 11.8 Å². The van der Waals surface area contributed by atoms with Crippen molar-refractivity contribution in [3.05, 3.63) is 0 Å². The summed E-state index contributed by atoms with van der Waals surface area (Å²) in [6, 6.07) is -0.927. The summed E-state index contributed by atoms with van der Waals surface area (Å²) in [7, 11) is 0. The average molecular weight is 243 g/mol. The number of urea groups is 1. The summed E-state index contributed by atoms with van der Waals surface area (Å²) >= 11 is 0. The van der Waals surface area contributed by atoms with Crippen LogP contribution in [-0.2, 0) is 9.59 Å². The maximum atomic E-state index is 11.7. The molecule has 1 heterocycles. The lowest BCUT2D eigenvalue weighted by atomic mass is 10.2. The fourth-order valence-electron chi connectivity index (χ4n) is 1.49. The molecule has 0 aromatic carbocycles. The molecule has 1 rings (SSSR count). The minimum atomic E-state index is -0.963. The third-order valence-corrected chi connectivity index (χ3v) is 2.74. The van der Waals surface area contributed by atoms with Crippen molar-refractivity contribution >= 4 is 17.9 Å². The number of hydrogen-bond donors (Lipinski definition) is 3. The first-order valence-corrected chi connectivity index (χ1v) is 5.48. The van der Waals surface area contributed by atoms with Gasteiger partial charge in [-0.3, -0.25) is 9.59 Å². The normalized spacial score (nSPS) is 21.6. The zero-order valence-corrected chi connectivity index (χ0v) is 9.90. The topological polar surface area (TPSA) is 98.7 Å². The van der Waals surface area contributed by atoms with E-state index in [1.807, 2.05) is 0 Å². The van der Waals surface area contributed by atoms with Gasteiger partial charge in [-0.15, -0.1) is 0 Å². The van der Waals surface area contributed by atoms with Crippen LogP contribution in [0.5, 0.6) is 0 Å². The van der Waals surface area contributed by atoms with Crippen LogP contribution in [-0.4, -0.2) is 53.6 Å². The number of carboxylic acids is 1. The van der Waals surface area contributed by atoms with Gasteiger partial charge in [-0.05, 0) is 6.92 Å². The molecule has 7 nitrogen and oxygen atoms in total. The maximum Gasteiger partial charge on any atom is 0.318 e. The minimum Gasteiger partial charge on any atom is -0.481 e. The monoisotopic (exact) mass is 243 g/mol. The Morgan fingerprint density at radius 3 is 2.88 bits per heavy atom. The Kier molecular flexibility index (Phi) is 4.30. The van der Waals surface area contributed by atoms with Crippen molar-refractivity contribution in [1.29, 1.82) is 0 Å². The number of nitrogens with zero attached hydrogens (tertiary/aromatic N) is 1. The van der Waals surface area contributed by atoms with Crippen molar-refractivity contribution in [2.45, 2.75) is 19.9 Å². The highest BCUT2D eigenvalue weighted by molar-refractivity contribution is 5.88. The van der Waals surface area contributed by atoms with Crippen LogP contribution in [0.1, 0.15) is 13.8 Å². The number of carbonyl (C=O) groups excluding carboxylic acids is 2. The van der Waals surface area contributed by atoms with Crippen molar-refractivity contribution in [1.82, 2.24) is 15.5 Å². The SMILES string of the molecule is CC(CNC(=O)N1CCNC(=O)C1C)C(=O)O. The van der Waals surface area contributed by atoms with Gasteiger partial charge >= 0.3 is 12.0 Å². The Morgan fingerprint density at radius 1 is 1.65 bits per heavy atom. The fourth-order valence-corrected chi connectivity index (χ4v) is 1.49. The Bertz CT molecular complexity index is 332. The maximum absolute atomic E-state index is 11.7. The van der Waals surface area contributed by atoms with Crippen LogP contribution in [0.15, 0.2) is 0 Å². The lowest BCUT2D eigenvalue weighted by Crippen LogP contribution is -2.58. The molecule has 0 radical (unpaired) electrons. The van der Waals surface area contributed by atoms with Gasteiger partial charge < -0.3 is 20.6 Å². The van der Waals surface area contributed by atoms with Crippen LogP contribution in [0.2, 0.25) is 0 Å². The molecule has 0 aliphatic carbocycles. The first-order valence-electron chi connectivity index (χ1n) is 5.48. The number of amides is 3. The summed E-state index contributed by atoms with van der Waals surface area (Å²) < 4.78 is 0. The van der Waals surface area contributed by atoms with E-state index in [-0.39, 0.29) is 12.5 Å². The molecule has 0 bridgehead atoms. The van der Waals surface area contributed by atoms with Crippen LogP contribution in [0.3, 0.4) is 0 Å². The Hall–Kier alpha value is -1.79. The molecule has 0 aromatic rings. The van der Waals surface area contributed by atoms with Gasteiger partial charge in [0.2, 0.25) is 5.91 Å². The van der Waals surface area contributed by atoms with Gasteiger partial charge in [-0.1, -0.05) is 6.92 Å². The van der Waals surface area contributed by atoms with E-state index in [9.17, 15) is 14.4 Å². The number of carboxylic acid groups (broad SMARTS) is 1. The van der Waals surface area contributed by atoms with Crippen molar-refractivity contribution in [2.75, 3.05) is 19.6 Å². The summed E-state index contributed by atoms with van der Waals surface area (Å²) in [4.78, 5) is 35.0. The van der Waals surface area contributed by atoms with Gasteiger partial charge in [-0.2, -0.15) is 0 Å². The lowest BCUT2D eigenvalue weighted by molar-refractivity contribution is -0.140. The second-order valence-corrected chi connectivity index (χ2v) is 4.09. The van der Waals surface area contributed by atoms with Gasteiger partial charge in [0.1, 0.15) is 6.04 Å². The van der Waals surface area contributed by atoms with Gasteiger partial charge in [0.05, 0.1) is 5.92 Å². The number of aliphatic carboxylic acids is 1. The summed E-state index contributed by atoms with van der Waals surface area (Å²) in [5.74, 6) is -1.81. The molecule has 1 aliphatic rings. The molecule has 3 N–H and O–H groups in total. The zero-order valence-electron chi connectivity index (χ0n) is 9.90. The van der Waals surface area contributed by atoms with Gasteiger partial charge in [0, 0.05) is 19.6 Å². The van der Waals surface area contributed by atoms with Crippen molar-refractivity contribution < 1.29 is 19.5 Å². The highest BCUT2D eigenvalue weighted by Crippen LogP contribution is 2.04. The molecule has 1 aliphatic heterocycles. The number of hydrogen-bond acceptors (Lipinski definition) is 3. The van der Waals surface area contributed by atoms with Crippen LogP contribution in [0, 0.1) is 5.92 Å². The van der Waals surface area contributed by atoms with E-state index >= 15 is 0 Å². The fraction of sp³-hybridized carbons (Fsp3) is 0.700. The van der Waals surface area contributed by atoms with E-state index in [0.29, 0.717) is 13.1 Å². The Balaban J connectivity index is 2.47. The van der Waals surface area contributed by atoms with E-state index in [0.717, 1.165) is 0 Å². The molecule has 1 saturated heterocycles. The van der Waals surface area contributed by atoms with Crippen molar-refractivity contribution in [2.24, 2.45) is 5.92 Å². The third kappa shape index (κ3) is 3.33. The van der Waals surface area contributed by atoms with Crippen LogP contribution >= 0.6 is 0 Å². The second kappa shape index (κ2) is 5.51. The first-order chi connectivity index (χ1) is 7.93. The van der Waals surface area contributed by atoms with E-state index in [4.69, 9.17) is 5.11 Å². The molecule has 3 amide bonds. The first kappa shape index (κ1) is 13.3. The average Bonchev–Trinajstić information content (AvgIpc) is 2.29. The second-order valence-electron chi connectivity index (χ2n) is 4.09. The van der Waals surface area contributed by atoms with Crippen LogP contribution in [0.4, 0.5) is 4.79 Å². The van der Waals surface area contributed by atoms with E-state index in [2.05, 4.69) is 10.6 Å². The van der Waals surface area contributed by atoms with E-state index < -0.39 is 24.0 Å². The van der Waals surface area contributed by atoms with Gasteiger partial charge in [0.25, 0.3) is 0 Å². The lowest BCUT2D eigenvalue weighted by Gasteiger charge is -2.32. The summed E-state index contributed by atoms with van der Waals surface area (Å²) in [5.41, 5.74) is 0. The largest absolute Gasteiger partial charge is 0.481 e. The predicted octanol–water partition coefficient (Wildman–Crippen LogP) is -0.763. The third-order valence-electron chi connectivity index (χ3n) is 2.74. The minimum absolute atomic E-state index is 0.0546. The quantitative estimate of drug-likeness (QED) is 0.606. The number of rotatable bonds is 3. The molecule has 17 heavy (non-hydrogen) atoms. The summed E-state index contributed by atoms with van der Waals surface area (Å²) in [6.07, 6.45) is 0. The molecule has 0 saturated carbocycles. The molecule has 96 valence electrons. The van der Waals surface area contributed by atoms with Crippen molar-refractivity contribution in [3.8, 4) is 0 Å². The van der Waals surface area contributed by atoms with Crippen LogP contribution in [0.25, 0.3) is 0 Å². The van der Waals surface area contributed by atoms with Crippen molar-refractivity contribution in [3.63, 3.8) is 0 Å². The van der Waals surface area contributed by atoms with Gasteiger partial charge in [-0.25, -0.2) is 4.79 Å². The molecule has 0 aromatic heterocycles. The van der Waals surface area contributed by atoms with Gasteiger partial charge in [0.15, 0.2) is 0 Å². The molecule has 1 fully saturated rings. The molecule has 7 heteroatoms. The predicted molar refractivity (Wildman–Crippen MR) is 59.4 cm³/mol. The molecular weight excluding hydrogens is 226 g/mol. The number of piperazine rings is 1. The molecule has 2 atom stereocenters. The smallest absolute Gasteiger partial charge is 0.318 e. The highest BCUT2D eigenvalue weighted by Gasteiger charge is 2.29. The highest BCUT2D eigenvalue weighted by atomic mass is 16.4. The zero-order chi connectivity index (χ0) is 13.0. The number of carbonyl (C=O) groups is 3. The molecular formula is C10H17N3O4.